The molecule has 33 heavy (non-hydrogen) atoms. The number of fused-ring (bicyclic) bond motifs is 1. The number of benzene rings is 4. The smallest absolute Gasteiger partial charge is 0.194 e. The van der Waals surface area contributed by atoms with Crippen LogP contribution in [0.1, 0.15) is 33.0 Å². The Morgan fingerprint density at radius 2 is 1.61 bits per heavy atom. The Labute approximate surface area is 194 Å². The van der Waals surface area contributed by atoms with Gasteiger partial charge in [-0.15, -0.1) is 0 Å². The molecule has 0 N–H and O–H groups in total. The van der Waals surface area contributed by atoms with Crippen molar-refractivity contribution >= 4 is 23.5 Å². The van der Waals surface area contributed by atoms with E-state index < -0.39 is 17.6 Å². The van der Waals surface area contributed by atoms with Crippen molar-refractivity contribution in [3.8, 4) is 11.5 Å². The lowest BCUT2D eigenvalue weighted by Crippen LogP contribution is -2.03. The van der Waals surface area contributed by atoms with E-state index in [1.807, 2.05) is 42.5 Å². The van der Waals surface area contributed by atoms with Crippen molar-refractivity contribution in [1.82, 2.24) is 0 Å². The Kier molecular flexibility index (Phi) is 5.53. The molecular weight excluding hydrogens is 442 g/mol. The lowest BCUT2D eigenvalue weighted by Gasteiger charge is -2.14. The topological polar surface area (TPSA) is 26.3 Å². The van der Waals surface area contributed by atoms with Crippen LogP contribution in [0.15, 0.2) is 96.6 Å². The number of carbonyl (C=O) groups is 1. The number of ketones is 1. The number of hydrogen-bond acceptors (Lipinski definition) is 2. The molecule has 162 valence electrons. The highest BCUT2D eigenvalue weighted by Gasteiger charge is 2.38. The molecule has 4 aromatic carbocycles. The third-order valence-electron chi connectivity index (χ3n) is 5.61. The largest absolute Gasteiger partial charge is 0.457 e. The summed E-state index contributed by atoms with van der Waals surface area (Å²) in [6.07, 6.45) is 1.44. The van der Waals surface area contributed by atoms with E-state index in [0.29, 0.717) is 27.7 Å². The second-order valence-corrected chi connectivity index (χ2v) is 8.15. The van der Waals surface area contributed by atoms with Crippen LogP contribution in [0.3, 0.4) is 0 Å². The number of rotatable bonds is 4. The molecule has 0 aromatic heterocycles. The summed E-state index contributed by atoms with van der Waals surface area (Å²) < 4.78 is 34.3. The SMILES string of the molecule is O=C1/C(=C\c2cc(F)ccc2F)[C@@H](c2ccccc2)c2cccc(Oc3ccc(Cl)cc3)c21. The van der Waals surface area contributed by atoms with Crippen LogP contribution in [0.25, 0.3) is 6.08 Å². The summed E-state index contributed by atoms with van der Waals surface area (Å²) in [4.78, 5) is 13.7. The minimum atomic E-state index is -0.600. The standard InChI is InChI=1S/C28H17ClF2O2/c29-19-9-12-21(13-10-19)33-25-8-4-7-22-26(17-5-2-1-3-6-17)23(28(32)27(22)25)16-18-15-20(30)11-14-24(18)31/h1-16,26H/b23-16-/t26-/m0/s1. The van der Waals surface area contributed by atoms with E-state index in [2.05, 4.69) is 0 Å². The van der Waals surface area contributed by atoms with Crippen molar-refractivity contribution < 1.29 is 18.3 Å². The van der Waals surface area contributed by atoms with E-state index in [1.54, 1.807) is 30.3 Å². The first kappa shape index (κ1) is 21.1. The van der Waals surface area contributed by atoms with Gasteiger partial charge in [-0.1, -0.05) is 54.1 Å². The summed E-state index contributed by atoms with van der Waals surface area (Å²) in [6.45, 7) is 0. The Balaban J connectivity index is 1.67. The second kappa shape index (κ2) is 8.64. The summed E-state index contributed by atoms with van der Waals surface area (Å²) in [5.41, 5.74) is 2.40. The maximum absolute atomic E-state index is 14.4. The number of carbonyl (C=O) groups excluding carboxylic acids is 1. The van der Waals surface area contributed by atoms with Crippen molar-refractivity contribution in [3.05, 3.63) is 135 Å². The summed E-state index contributed by atoms with van der Waals surface area (Å²) in [6, 6.07) is 24.9. The fourth-order valence-corrected chi connectivity index (χ4v) is 4.26. The Morgan fingerprint density at radius 3 is 2.36 bits per heavy atom. The first-order valence-corrected chi connectivity index (χ1v) is 10.7. The fraction of sp³-hybridized carbons (Fsp3) is 0.0357. The zero-order valence-electron chi connectivity index (χ0n) is 17.3. The van der Waals surface area contributed by atoms with Gasteiger partial charge in [0.1, 0.15) is 23.1 Å². The molecule has 4 aromatic rings. The molecule has 1 aliphatic carbocycles. The number of hydrogen-bond donors (Lipinski definition) is 0. The average molecular weight is 459 g/mol. The van der Waals surface area contributed by atoms with Gasteiger partial charge in [-0.25, -0.2) is 8.78 Å². The maximum Gasteiger partial charge on any atom is 0.194 e. The summed E-state index contributed by atoms with van der Waals surface area (Å²) in [7, 11) is 0. The molecule has 0 aliphatic heterocycles. The van der Waals surface area contributed by atoms with Gasteiger partial charge in [0.15, 0.2) is 5.78 Å². The summed E-state index contributed by atoms with van der Waals surface area (Å²) in [5.74, 6) is -0.974. The van der Waals surface area contributed by atoms with Crippen molar-refractivity contribution in [3.63, 3.8) is 0 Å². The molecule has 0 bridgehead atoms. The molecule has 0 saturated heterocycles. The van der Waals surface area contributed by atoms with E-state index in [9.17, 15) is 13.6 Å². The molecule has 0 unspecified atom stereocenters. The van der Waals surface area contributed by atoms with E-state index >= 15 is 0 Å². The highest BCUT2D eigenvalue weighted by Crippen LogP contribution is 2.47. The normalized spacial score (nSPS) is 16.2. The highest BCUT2D eigenvalue weighted by molar-refractivity contribution is 6.30. The lowest BCUT2D eigenvalue weighted by molar-refractivity contribution is 0.103. The van der Waals surface area contributed by atoms with Crippen LogP contribution in [-0.2, 0) is 0 Å². The Hall–Kier alpha value is -3.76. The quantitative estimate of drug-likeness (QED) is 0.291. The van der Waals surface area contributed by atoms with E-state index in [1.165, 1.54) is 6.08 Å². The monoisotopic (exact) mass is 458 g/mol. The van der Waals surface area contributed by atoms with Crippen LogP contribution in [-0.4, -0.2) is 5.78 Å². The molecule has 5 heteroatoms. The molecule has 1 aliphatic rings. The molecule has 2 nitrogen and oxygen atoms in total. The highest BCUT2D eigenvalue weighted by atomic mass is 35.5. The van der Waals surface area contributed by atoms with Crippen molar-refractivity contribution in [2.75, 3.05) is 0 Å². The van der Waals surface area contributed by atoms with Crippen LogP contribution < -0.4 is 4.74 Å². The predicted octanol–water partition coefficient (Wildman–Crippen LogP) is 7.82. The van der Waals surface area contributed by atoms with Crippen molar-refractivity contribution in [2.24, 2.45) is 0 Å². The average Bonchev–Trinajstić information content (AvgIpc) is 3.10. The van der Waals surface area contributed by atoms with Gasteiger partial charge in [0.05, 0.1) is 5.56 Å². The van der Waals surface area contributed by atoms with Gasteiger partial charge in [0, 0.05) is 22.1 Å². The lowest BCUT2D eigenvalue weighted by atomic mass is 9.89. The Morgan fingerprint density at radius 1 is 0.848 bits per heavy atom. The van der Waals surface area contributed by atoms with E-state index in [4.69, 9.17) is 16.3 Å². The zero-order chi connectivity index (χ0) is 22.9. The number of ether oxygens (including phenoxy) is 1. The molecule has 0 radical (unpaired) electrons. The zero-order valence-corrected chi connectivity index (χ0v) is 18.0. The Bertz CT molecular complexity index is 1380. The van der Waals surface area contributed by atoms with Gasteiger partial charge in [-0.2, -0.15) is 0 Å². The van der Waals surface area contributed by atoms with Gasteiger partial charge >= 0.3 is 0 Å². The molecule has 0 fully saturated rings. The van der Waals surface area contributed by atoms with Crippen molar-refractivity contribution in [2.45, 2.75) is 5.92 Å². The van der Waals surface area contributed by atoms with Crippen molar-refractivity contribution in [1.29, 1.82) is 0 Å². The first-order valence-electron chi connectivity index (χ1n) is 10.3. The van der Waals surface area contributed by atoms with Crippen LogP contribution >= 0.6 is 11.6 Å². The molecule has 0 saturated carbocycles. The third kappa shape index (κ3) is 4.06. The minimum Gasteiger partial charge on any atom is -0.457 e. The molecule has 0 spiro atoms. The maximum atomic E-state index is 14.4. The molecule has 1 atom stereocenters. The van der Waals surface area contributed by atoms with Crippen LogP contribution in [0, 0.1) is 11.6 Å². The fourth-order valence-electron chi connectivity index (χ4n) is 4.14. The molecule has 0 amide bonds. The van der Waals surface area contributed by atoms with E-state index in [0.717, 1.165) is 29.3 Å². The molecular formula is C28H17ClF2O2. The first-order chi connectivity index (χ1) is 16.0. The molecule has 5 rings (SSSR count). The predicted molar refractivity (Wildman–Crippen MR) is 125 cm³/mol. The van der Waals surface area contributed by atoms with Gasteiger partial charge in [-0.3, -0.25) is 4.79 Å². The number of allylic oxidation sites excluding steroid dienone is 1. The number of halogens is 3. The molecule has 0 heterocycles. The van der Waals surface area contributed by atoms with Crippen LogP contribution in [0.5, 0.6) is 11.5 Å². The summed E-state index contributed by atoms with van der Waals surface area (Å²) >= 11 is 5.96. The second-order valence-electron chi connectivity index (χ2n) is 7.71. The van der Waals surface area contributed by atoms with Gasteiger partial charge in [-0.05, 0) is 65.7 Å². The van der Waals surface area contributed by atoms with Crippen LogP contribution in [0.4, 0.5) is 8.78 Å². The van der Waals surface area contributed by atoms with Gasteiger partial charge in [0.25, 0.3) is 0 Å². The van der Waals surface area contributed by atoms with Gasteiger partial charge in [0.2, 0.25) is 0 Å². The summed E-state index contributed by atoms with van der Waals surface area (Å²) in [5, 5.41) is 0.572. The van der Waals surface area contributed by atoms with Crippen LogP contribution in [0.2, 0.25) is 5.02 Å². The van der Waals surface area contributed by atoms with Gasteiger partial charge < -0.3 is 4.74 Å². The third-order valence-corrected chi connectivity index (χ3v) is 5.87. The number of Topliss-reactive ketones (excluding diaryl/α,β-unsaturated/α-hetero) is 1. The van der Waals surface area contributed by atoms with E-state index in [-0.39, 0.29) is 11.3 Å². The minimum absolute atomic E-state index is 0.0206.